The van der Waals surface area contributed by atoms with Crippen LogP contribution in [-0.2, 0) is 29.1 Å². The Morgan fingerprint density at radius 3 is 2.32 bits per heavy atom. The summed E-state index contributed by atoms with van der Waals surface area (Å²) in [4.78, 5) is 24.1. The van der Waals surface area contributed by atoms with Crippen LogP contribution in [0.4, 0.5) is 11.4 Å². The number of amides is 1. The number of carbonyl (C=O) groups is 2. The number of hydrazone groups is 1. The molecule has 0 bridgehead atoms. The number of carboxylic acids is 1. The van der Waals surface area contributed by atoms with E-state index in [-0.39, 0.29) is 11.4 Å². The van der Waals surface area contributed by atoms with Crippen molar-refractivity contribution in [3.63, 3.8) is 0 Å². The van der Waals surface area contributed by atoms with Crippen LogP contribution in [0.5, 0.6) is 0 Å². The summed E-state index contributed by atoms with van der Waals surface area (Å²) in [6.45, 7) is 0. The highest BCUT2D eigenvalue weighted by atomic mass is 32.2. The second kappa shape index (κ2) is 9.40. The molecule has 1 unspecified atom stereocenters. The zero-order valence-corrected chi connectivity index (χ0v) is 16.7. The Labute approximate surface area is 179 Å². The van der Waals surface area contributed by atoms with Crippen LogP contribution in [0.2, 0.25) is 0 Å². The SMILES string of the molecule is O=C([O-])C1=NN(c2ccc(SOO[O-])cc2)C(=O)C1NNc1ccc(S(=O)(=O)[O-])cc1. The van der Waals surface area contributed by atoms with E-state index in [9.17, 15) is 32.9 Å². The van der Waals surface area contributed by atoms with Crippen molar-refractivity contribution < 1.29 is 42.3 Å². The predicted molar refractivity (Wildman–Crippen MR) is 99.3 cm³/mol. The van der Waals surface area contributed by atoms with Gasteiger partial charge in [0.05, 0.1) is 28.6 Å². The van der Waals surface area contributed by atoms with E-state index >= 15 is 0 Å². The minimum absolute atomic E-state index is 0.227. The number of carboxylic acid groups (broad SMARTS) is 1. The number of nitrogens with one attached hydrogen (secondary N) is 2. The van der Waals surface area contributed by atoms with Gasteiger partial charge in [0, 0.05) is 10.6 Å². The molecule has 1 amide bonds. The molecule has 2 aromatic carbocycles. The van der Waals surface area contributed by atoms with Crippen molar-refractivity contribution >= 4 is 51.1 Å². The van der Waals surface area contributed by atoms with E-state index in [1.165, 1.54) is 36.4 Å². The summed E-state index contributed by atoms with van der Waals surface area (Å²) in [7, 11) is -4.62. The summed E-state index contributed by atoms with van der Waals surface area (Å²) in [6.07, 6.45) is 0. The number of hydrazine groups is 1. The zero-order valence-electron chi connectivity index (χ0n) is 15.1. The van der Waals surface area contributed by atoms with Crippen LogP contribution in [-0.4, -0.2) is 36.6 Å². The predicted octanol–water partition coefficient (Wildman–Crippen LogP) is -1.74. The maximum absolute atomic E-state index is 12.7. The van der Waals surface area contributed by atoms with Crippen molar-refractivity contribution in [3.8, 4) is 0 Å². The monoisotopic (exact) mass is 467 g/mol. The van der Waals surface area contributed by atoms with Crippen LogP contribution < -0.4 is 26.2 Å². The number of carbonyl (C=O) groups excluding carboxylic acids is 2. The molecule has 0 spiro atoms. The molecular weight excluding hydrogens is 456 g/mol. The molecule has 0 aliphatic carbocycles. The molecule has 3 rings (SSSR count). The second-order valence-electron chi connectivity index (χ2n) is 5.82. The fourth-order valence-electron chi connectivity index (χ4n) is 2.48. The standard InChI is InChI=1S/C16H14N4O9S2/c21-15-13(18-17-9-1-7-12(8-2-9)31(25,26)27)14(16(22)23)19-20(15)10-3-5-11(6-4-10)30-29-28-24/h1-8,13,17-18,24H,(H,22,23)(H,25,26,27)/p-3. The van der Waals surface area contributed by atoms with Gasteiger partial charge in [0.25, 0.3) is 5.91 Å². The highest BCUT2D eigenvalue weighted by molar-refractivity contribution is 7.94. The first-order valence-corrected chi connectivity index (χ1v) is 10.3. The Morgan fingerprint density at radius 2 is 1.77 bits per heavy atom. The van der Waals surface area contributed by atoms with Crippen LogP contribution in [0, 0.1) is 0 Å². The molecule has 1 aliphatic rings. The van der Waals surface area contributed by atoms with Gasteiger partial charge in [-0.15, -0.1) is 0 Å². The Morgan fingerprint density at radius 1 is 1.13 bits per heavy atom. The van der Waals surface area contributed by atoms with Gasteiger partial charge in [-0.05, 0) is 48.5 Å². The van der Waals surface area contributed by atoms with Gasteiger partial charge in [-0.25, -0.2) is 13.8 Å². The summed E-state index contributed by atoms with van der Waals surface area (Å²) < 4.78 is 37.0. The van der Waals surface area contributed by atoms with Gasteiger partial charge >= 0.3 is 0 Å². The molecule has 0 saturated heterocycles. The average Bonchev–Trinajstić information content (AvgIpc) is 3.07. The van der Waals surface area contributed by atoms with Crippen molar-refractivity contribution in [3.05, 3.63) is 48.5 Å². The molecule has 164 valence electrons. The van der Waals surface area contributed by atoms with Gasteiger partial charge in [-0.3, -0.25) is 9.83 Å². The molecule has 0 radical (unpaired) electrons. The number of aliphatic carboxylic acids is 1. The highest BCUT2D eigenvalue weighted by Gasteiger charge is 2.37. The van der Waals surface area contributed by atoms with Gasteiger partial charge in [0.15, 0.2) is 6.04 Å². The first-order chi connectivity index (χ1) is 14.7. The molecule has 0 fully saturated rings. The number of benzene rings is 2. The third-order valence-corrected chi connectivity index (χ3v) is 5.33. The zero-order chi connectivity index (χ0) is 22.6. The third kappa shape index (κ3) is 5.36. The molecule has 1 heterocycles. The summed E-state index contributed by atoms with van der Waals surface area (Å²) >= 11 is 0.629. The van der Waals surface area contributed by atoms with E-state index in [1.807, 2.05) is 0 Å². The lowest BCUT2D eigenvalue weighted by atomic mass is 10.2. The average molecular weight is 467 g/mol. The van der Waals surface area contributed by atoms with E-state index in [0.29, 0.717) is 16.9 Å². The lowest BCUT2D eigenvalue weighted by molar-refractivity contribution is -0.777. The van der Waals surface area contributed by atoms with E-state index in [1.54, 1.807) is 0 Å². The lowest BCUT2D eigenvalue weighted by Gasteiger charge is -2.17. The van der Waals surface area contributed by atoms with Crippen LogP contribution in [0.1, 0.15) is 0 Å². The Hall–Kier alpha value is -3.05. The Kier molecular flexibility index (Phi) is 6.86. The van der Waals surface area contributed by atoms with Crippen LogP contribution in [0.3, 0.4) is 0 Å². The first-order valence-electron chi connectivity index (χ1n) is 8.15. The quantitative estimate of drug-likeness (QED) is 0.183. The van der Waals surface area contributed by atoms with E-state index in [0.717, 1.165) is 17.1 Å². The second-order valence-corrected chi connectivity index (χ2v) is 7.97. The molecule has 31 heavy (non-hydrogen) atoms. The van der Waals surface area contributed by atoms with Crippen molar-refractivity contribution in [1.82, 2.24) is 5.43 Å². The minimum atomic E-state index is -4.62. The topological polar surface area (TPSA) is 196 Å². The highest BCUT2D eigenvalue weighted by Crippen LogP contribution is 2.26. The number of hydrogen-bond acceptors (Lipinski definition) is 13. The smallest absolute Gasteiger partial charge is 0.272 e. The molecular formula is C16H11N4O9S2-3. The lowest BCUT2D eigenvalue weighted by Crippen LogP contribution is -2.51. The minimum Gasteiger partial charge on any atom is -0.744 e. The van der Waals surface area contributed by atoms with Gasteiger partial charge in [0.2, 0.25) is 0 Å². The van der Waals surface area contributed by atoms with Crippen LogP contribution in [0.15, 0.2) is 63.4 Å². The van der Waals surface area contributed by atoms with Crippen molar-refractivity contribution in [2.75, 3.05) is 10.4 Å². The maximum atomic E-state index is 12.7. The molecule has 15 heteroatoms. The van der Waals surface area contributed by atoms with Crippen molar-refractivity contribution in [2.45, 2.75) is 15.8 Å². The molecule has 1 aliphatic heterocycles. The summed E-state index contributed by atoms with van der Waals surface area (Å²) in [5.74, 6) is -2.43. The summed E-state index contributed by atoms with van der Waals surface area (Å²) in [5.41, 5.74) is 4.91. The molecule has 0 saturated carbocycles. The number of nitrogens with zero attached hydrogens (tertiary/aromatic N) is 2. The van der Waals surface area contributed by atoms with E-state index in [4.69, 9.17) is 0 Å². The molecule has 1 atom stereocenters. The molecule has 2 aromatic rings. The van der Waals surface area contributed by atoms with Crippen molar-refractivity contribution in [2.24, 2.45) is 5.10 Å². The normalized spacial score (nSPS) is 16.3. The Bertz CT molecular complexity index is 1100. The summed E-state index contributed by atoms with van der Waals surface area (Å²) in [6, 6.07) is 8.97. The van der Waals surface area contributed by atoms with E-state index in [2.05, 4.69) is 25.3 Å². The molecule has 0 aromatic heterocycles. The Balaban J connectivity index is 1.73. The number of hydrogen-bond donors (Lipinski definition) is 2. The third-order valence-electron chi connectivity index (χ3n) is 3.89. The summed E-state index contributed by atoms with van der Waals surface area (Å²) in [5, 5.41) is 29.1. The fourth-order valence-corrected chi connectivity index (χ4v) is 3.31. The van der Waals surface area contributed by atoms with Gasteiger partial charge in [-0.2, -0.15) is 14.4 Å². The first kappa shape index (κ1) is 22.6. The number of rotatable bonds is 9. The largest absolute Gasteiger partial charge is 0.744 e. The maximum Gasteiger partial charge on any atom is 0.272 e. The van der Waals surface area contributed by atoms with Gasteiger partial charge in [-0.1, -0.05) is 0 Å². The van der Waals surface area contributed by atoms with Gasteiger partial charge in [0.1, 0.15) is 15.8 Å². The van der Waals surface area contributed by atoms with Crippen LogP contribution >= 0.6 is 12.0 Å². The molecule has 13 nitrogen and oxygen atoms in total. The number of anilines is 2. The van der Waals surface area contributed by atoms with Crippen molar-refractivity contribution in [1.29, 1.82) is 0 Å². The van der Waals surface area contributed by atoms with Crippen LogP contribution in [0.25, 0.3) is 0 Å². The molecule has 2 N–H and O–H groups in total. The fraction of sp³-hybridized carbons (Fsp3) is 0.0625. The van der Waals surface area contributed by atoms with Gasteiger partial charge < -0.3 is 25.1 Å². The van der Waals surface area contributed by atoms with E-state index < -0.39 is 38.6 Å².